The molecule has 0 aliphatic heterocycles. The molecule has 0 saturated carbocycles. The predicted octanol–water partition coefficient (Wildman–Crippen LogP) is 12.3. The van der Waals surface area contributed by atoms with Crippen molar-refractivity contribution in [3.63, 3.8) is 0 Å². The van der Waals surface area contributed by atoms with Gasteiger partial charge in [-0.25, -0.2) is 15.0 Å². The fourth-order valence-electron chi connectivity index (χ4n) is 9.62. The second-order valence-electron chi connectivity index (χ2n) is 14.7. The van der Waals surface area contributed by atoms with Crippen molar-refractivity contribution in [2.45, 2.75) is 5.41 Å². The Morgan fingerprint density at radius 2 is 0.804 bits per heavy atom. The Morgan fingerprint density at radius 1 is 0.339 bits per heavy atom. The Kier molecular flexibility index (Phi) is 6.52. The number of hydrogen-bond acceptors (Lipinski definition) is 3. The SMILES string of the molecule is c1ccc(-c2nc(-c3ccccc3)nc(-c3ccc(-n4c5ccccc5c5c6c(ccc54)C4(c5ccccc5-c5ccccc54)c4ccccc4-6)cc3)n2)cc1. The van der Waals surface area contributed by atoms with E-state index in [1.807, 2.05) is 60.7 Å². The van der Waals surface area contributed by atoms with Crippen LogP contribution < -0.4 is 0 Å². The number of hydrogen-bond donors (Lipinski definition) is 0. The van der Waals surface area contributed by atoms with Crippen LogP contribution in [0.1, 0.15) is 22.3 Å². The zero-order valence-electron chi connectivity index (χ0n) is 30.3. The van der Waals surface area contributed by atoms with Gasteiger partial charge in [-0.2, -0.15) is 0 Å². The first-order chi connectivity index (χ1) is 27.8. The summed E-state index contributed by atoms with van der Waals surface area (Å²) < 4.78 is 2.41. The molecule has 0 atom stereocenters. The number of aromatic nitrogens is 4. The van der Waals surface area contributed by atoms with Crippen LogP contribution in [0.2, 0.25) is 0 Å². The third-order valence-electron chi connectivity index (χ3n) is 11.9. The number of benzene rings is 8. The molecule has 1 spiro atoms. The van der Waals surface area contributed by atoms with Crippen LogP contribution in [0.3, 0.4) is 0 Å². The van der Waals surface area contributed by atoms with E-state index in [1.54, 1.807) is 0 Å². The van der Waals surface area contributed by atoms with Crippen LogP contribution in [0.15, 0.2) is 194 Å². The van der Waals surface area contributed by atoms with E-state index in [0.29, 0.717) is 17.5 Å². The molecule has 4 heteroatoms. The molecule has 0 bridgehead atoms. The molecule has 2 aromatic heterocycles. The van der Waals surface area contributed by atoms with E-state index < -0.39 is 0 Å². The number of fused-ring (bicyclic) bond motifs is 14. The lowest BCUT2D eigenvalue weighted by atomic mass is 9.70. The summed E-state index contributed by atoms with van der Waals surface area (Å²) in [4.78, 5) is 14.9. The molecule has 2 heterocycles. The highest BCUT2D eigenvalue weighted by molar-refractivity contribution is 6.18. The third kappa shape index (κ3) is 4.21. The van der Waals surface area contributed by atoms with Gasteiger partial charge in [0.25, 0.3) is 0 Å². The lowest BCUT2D eigenvalue weighted by molar-refractivity contribution is 0.794. The van der Waals surface area contributed by atoms with E-state index in [0.717, 1.165) is 22.4 Å². The maximum absolute atomic E-state index is 4.99. The van der Waals surface area contributed by atoms with Crippen LogP contribution in [-0.2, 0) is 5.41 Å². The zero-order valence-corrected chi connectivity index (χ0v) is 30.3. The second-order valence-corrected chi connectivity index (χ2v) is 14.7. The molecular weight excluding hydrogens is 681 g/mol. The normalized spacial score (nSPS) is 13.1. The van der Waals surface area contributed by atoms with E-state index in [2.05, 4.69) is 138 Å². The molecule has 0 unspecified atom stereocenters. The van der Waals surface area contributed by atoms with E-state index in [1.165, 1.54) is 66.3 Å². The number of para-hydroxylation sites is 1. The first-order valence-corrected chi connectivity index (χ1v) is 19.1. The molecule has 0 fully saturated rings. The minimum atomic E-state index is -0.389. The van der Waals surface area contributed by atoms with Crippen molar-refractivity contribution in [2.75, 3.05) is 0 Å². The van der Waals surface area contributed by atoms with Crippen molar-refractivity contribution in [1.29, 1.82) is 0 Å². The lowest BCUT2D eigenvalue weighted by Crippen LogP contribution is -2.25. The topological polar surface area (TPSA) is 43.6 Å². The predicted molar refractivity (Wildman–Crippen MR) is 227 cm³/mol. The smallest absolute Gasteiger partial charge is 0.164 e. The van der Waals surface area contributed by atoms with Crippen LogP contribution in [-0.4, -0.2) is 19.5 Å². The average Bonchev–Trinajstić information content (AvgIpc) is 3.89. The van der Waals surface area contributed by atoms with Crippen molar-refractivity contribution in [1.82, 2.24) is 19.5 Å². The molecule has 0 N–H and O–H groups in total. The molecule has 10 aromatic rings. The molecule has 0 radical (unpaired) electrons. The van der Waals surface area contributed by atoms with Crippen molar-refractivity contribution in [3.8, 4) is 62.1 Å². The van der Waals surface area contributed by atoms with Crippen LogP contribution in [0.4, 0.5) is 0 Å². The molecule has 260 valence electrons. The van der Waals surface area contributed by atoms with Gasteiger partial charge in [-0.1, -0.05) is 158 Å². The third-order valence-corrected chi connectivity index (χ3v) is 11.9. The minimum absolute atomic E-state index is 0.389. The van der Waals surface area contributed by atoms with Gasteiger partial charge in [0.1, 0.15) is 0 Å². The summed E-state index contributed by atoms with van der Waals surface area (Å²) in [6.45, 7) is 0. The molecule has 0 amide bonds. The molecule has 2 aliphatic carbocycles. The van der Waals surface area contributed by atoms with Gasteiger partial charge in [0, 0.05) is 33.2 Å². The van der Waals surface area contributed by atoms with Gasteiger partial charge in [0.05, 0.1) is 16.4 Å². The highest BCUT2D eigenvalue weighted by Crippen LogP contribution is 2.64. The standard InChI is InChI=1S/C52H32N4/c1-3-15-33(16-4-1)49-53-50(34-17-5-2-6-18-34)55-51(54-49)35-27-29-36(30-28-35)56-45-26-14-10-22-40(45)48-46(56)32-31-44-47(48)39-21-9-13-25-43(39)52(44)41-23-11-7-19-37(41)38-20-8-12-24-42(38)52/h1-32H. The Morgan fingerprint density at radius 3 is 1.39 bits per heavy atom. The summed E-state index contributed by atoms with van der Waals surface area (Å²) in [7, 11) is 0. The first-order valence-electron chi connectivity index (χ1n) is 19.1. The number of nitrogens with zero attached hydrogens (tertiary/aromatic N) is 4. The van der Waals surface area contributed by atoms with Gasteiger partial charge in [-0.3, -0.25) is 0 Å². The zero-order chi connectivity index (χ0) is 36.8. The van der Waals surface area contributed by atoms with Crippen molar-refractivity contribution in [2.24, 2.45) is 0 Å². The summed E-state index contributed by atoms with van der Waals surface area (Å²) in [6.07, 6.45) is 0. The van der Waals surface area contributed by atoms with E-state index in [4.69, 9.17) is 15.0 Å². The van der Waals surface area contributed by atoms with Crippen LogP contribution in [0.25, 0.3) is 83.9 Å². The fourth-order valence-corrected chi connectivity index (χ4v) is 9.62. The Balaban J connectivity index is 1.06. The molecular formula is C52H32N4. The van der Waals surface area contributed by atoms with E-state index in [9.17, 15) is 0 Å². The van der Waals surface area contributed by atoms with Crippen LogP contribution in [0, 0.1) is 0 Å². The maximum Gasteiger partial charge on any atom is 0.164 e. The van der Waals surface area contributed by atoms with Gasteiger partial charge >= 0.3 is 0 Å². The molecule has 2 aliphatic rings. The van der Waals surface area contributed by atoms with Gasteiger partial charge in [-0.05, 0) is 80.9 Å². The summed E-state index contributed by atoms with van der Waals surface area (Å²) >= 11 is 0. The van der Waals surface area contributed by atoms with E-state index >= 15 is 0 Å². The molecule has 56 heavy (non-hydrogen) atoms. The van der Waals surface area contributed by atoms with Crippen molar-refractivity contribution >= 4 is 21.8 Å². The average molecular weight is 713 g/mol. The largest absolute Gasteiger partial charge is 0.309 e. The van der Waals surface area contributed by atoms with Crippen LogP contribution >= 0.6 is 0 Å². The summed E-state index contributed by atoms with van der Waals surface area (Å²) in [6, 6.07) is 69.6. The first kappa shape index (κ1) is 31.0. The van der Waals surface area contributed by atoms with Gasteiger partial charge in [-0.15, -0.1) is 0 Å². The molecule has 12 rings (SSSR count). The van der Waals surface area contributed by atoms with Gasteiger partial charge in [0.15, 0.2) is 17.5 Å². The lowest BCUT2D eigenvalue weighted by Gasteiger charge is -2.30. The highest BCUT2D eigenvalue weighted by atomic mass is 15.0. The maximum atomic E-state index is 4.99. The van der Waals surface area contributed by atoms with Crippen molar-refractivity contribution in [3.05, 3.63) is 216 Å². The quantitative estimate of drug-likeness (QED) is 0.182. The number of rotatable bonds is 4. The Bertz CT molecular complexity index is 3080. The van der Waals surface area contributed by atoms with Crippen LogP contribution in [0.5, 0.6) is 0 Å². The monoisotopic (exact) mass is 712 g/mol. The van der Waals surface area contributed by atoms with Gasteiger partial charge in [0.2, 0.25) is 0 Å². The van der Waals surface area contributed by atoms with E-state index in [-0.39, 0.29) is 5.41 Å². The Hall–Kier alpha value is -7.43. The summed E-state index contributed by atoms with van der Waals surface area (Å²) in [5.41, 5.74) is 16.6. The fraction of sp³-hybridized carbons (Fsp3) is 0.0192. The molecule has 0 saturated heterocycles. The second kappa shape index (κ2) is 11.8. The summed E-state index contributed by atoms with van der Waals surface area (Å²) in [5.74, 6) is 1.95. The molecule has 4 nitrogen and oxygen atoms in total. The molecule has 8 aromatic carbocycles. The summed E-state index contributed by atoms with van der Waals surface area (Å²) in [5, 5.41) is 2.53. The highest BCUT2D eigenvalue weighted by Gasteiger charge is 2.52. The Labute approximate surface area is 324 Å². The van der Waals surface area contributed by atoms with Crippen molar-refractivity contribution < 1.29 is 0 Å². The van der Waals surface area contributed by atoms with Gasteiger partial charge < -0.3 is 4.57 Å². The minimum Gasteiger partial charge on any atom is -0.309 e.